The number of hydrogen-bond acceptors (Lipinski definition) is 2. The lowest BCUT2D eigenvalue weighted by Gasteiger charge is -2.58. The van der Waals surface area contributed by atoms with Crippen molar-refractivity contribution in [2.45, 2.75) is 57.9 Å². The van der Waals surface area contributed by atoms with Crippen LogP contribution in [0.2, 0.25) is 0 Å². The Morgan fingerprint density at radius 2 is 1.72 bits per heavy atom. The van der Waals surface area contributed by atoms with Gasteiger partial charge in [-0.25, -0.2) is 0 Å². The van der Waals surface area contributed by atoms with E-state index in [1.807, 2.05) is 6.92 Å². The fourth-order valence-corrected chi connectivity index (χ4v) is 5.32. The maximum absolute atomic E-state index is 11.8. The average Bonchev–Trinajstić information content (AvgIpc) is 2.27. The van der Waals surface area contributed by atoms with Gasteiger partial charge in [0.2, 0.25) is 5.91 Å². The monoisotopic (exact) mass is 250 g/mol. The Balaban J connectivity index is 1.69. The zero-order chi connectivity index (χ0) is 12.8. The van der Waals surface area contributed by atoms with Gasteiger partial charge in [-0.05, 0) is 68.6 Å². The second-order valence-corrected chi connectivity index (χ2v) is 7.04. The first-order valence-corrected chi connectivity index (χ1v) is 7.63. The summed E-state index contributed by atoms with van der Waals surface area (Å²) < 4.78 is 0. The van der Waals surface area contributed by atoms with Crippen molar-refractivity contribution in [3.63, 3.8) is 0 Å². The van der Waals surface area contributed by atoms with Crippen LogP contribution in [0.25, 0.3) is 0 Å². The van der Waals surface area contributed by atoms with Crippen molar-refractivity contribution in [3.05, 3.63) is 0 Å². The van der Waals surface area contributed by atoms with E-state index in [1.165, 1.54) is 38.5 Å². The first kappa shape index (κ1) is 12.5. The molecule has 4 fully saturated rings. The third-order valence-corrected chi connectivity index (χ3v) is 5.65. The van der Waals surface area contributed by atoms with Gasteiger partial charge in [0.05, 0.1) is 0 Å². The molecule has 1 unspecified atom stereocenters. The number of amides is 1. The van der Waals surface area contributed by atoms with Gasteiger partial charge in [-0.2, -0.15) is 0 Å². The summed E-state index contributed by atoms with van der Waals surface area (Å²) >= 11 is 0. The van der Waals surface area contributed by atoms with E-state index in [4.69, 9.17) is 5.73 Å². The van der Waals surface area contributed by atoms with E-state index in [1.54, 1.807) is 0 Å². The van der Waals surface area contributed by atoms with Gasteiger partial charge < -0.3 is 11.1 Å². The highest BCUT2D eigenvalue weighted by Crippen LogP contribution is 2.61. The van der Waals surface area contributed by atoms with Crippen LogP contribution >= 0.6 is 0 Å². The molecule has 1 amide bonds. The Kier molecular flexibility index (Phi) is 3.13. The maximum atomic E-state index is 11.8. The van der Waals surface area contributed by atoms with Crippen LogP contribution in [0.5, 0.6) is 0 Å². The quantitative estimate of drug-likeness (QED) is 0.802. The molecule has 4 bridgehead atoms. The minimum Gasteiger partial charge on any atom is -0.356 e. The highest BCUT2D eigenvalue weighted by molar-refractivity contribution is 5.76. The van der Waals surface area contributed by atoms with Crippen LogP contribution in [-0.4, -0.2) is 18.5 Å². The molecular formula is C15H26N2O. The number of carbonyl (C=O) groups excluding carboxylic acids is 1. The summed E-state index contributed by atoms with van der Waals surface area (Å²) in [5.41, 5.74) is 6.75. The molecule has 4 saturated carbocycles. The third-order valence-electron chi connectivity index (χ3n) is 5.65. The molecule has 0 aromatic carbocycles. The van der Waals surface area contributed by atoms with E-state index in [0.717, 1.165) is 17.8 Å². The standard InChI is InChI=1S/C15H26N2O/c1-2-17-14(18)6-13(16)15-7-10-3-11(8-15)5-12(4-10)9-15/h10-13H,2-9,16H2,1H3,(H,17,18). The van der Waals surface area contributed by atoms with Gasteiger partial charge in [-0.3, -0.25) is 4.79 Å². The van der Waals surface area contributed by atoms with Gasteiger partial charge in [-0.15, -0.1) is 0 Å². The molecule has 1 atom stereocenters. The topological polar surface area (TPSA) is 55.1 Å². The number of carbonyl (C=O) groups is 1. The van der Waals surface area contributed by atoms with Crippen LogP contribution in [0.4, 0.5) is 0 Å². The molecule has 3 nitrogen and oxygen atoms in total. The number of nitrogens with two attached hydrogens (primary N) is 1. The van der Waals surface area contributed by atoms with Crippen LogP contribution < -0.4 is 11.1 Å². The van der Waals surface area contributed by atoms with Gasteiger partial charge in [0.1, 0.15) is 0 Å². The van der Waals surface area contributed by atoms with Crippen molar-refractivity contribution in [3.8, 4) is 0 Å². The zero-order valence-corrected chi connectivity index (χ0v) is 11.5. The van der Waals surface area contributed by atoms with E-state index in [-0.39, 0.29) is 11.9 Å². The highest BCUT2D eigenvalue weighted by atomic mass is 16.1. The summed E-state index contributed by atoms with van der Waals surface area (Å²) in [5, 5.41) is 2.89. The normalized spacial score (nSPS) is 42.9. The summed E-state index contributed by atoms with van der Waals surface area (Å²) in [6.45, 7) is 2.68. The summed E-state index contributed by atoms with van der Waals surface area (Å²) in [6, 6.07) is 0.0810. The van der Waals surface area contributed by atoms with Crippen molar-refractivity contribution in [2.75, 3.05) is 6.54 Å². The van der Waals surface area contributed by atoms with E-state index >= 15 is 0 Å². The molecule has 4 aliphatic carbocycles. The molecule has 0 heterocycles. The van der Waals surface area contributed by atoms with Crippen molar-refractivity contribution in [1.29, 1.82) is 0 Å². The van der Waals surface area contributed by atoms with Crippen molar-refractivity contribution < 1.29 is 4.79 Å². The first-order chi connectivity index (χ1) is 8.61. The van der Waals surface area contributed by atoms with Gasteiger partial charge in [0, 0.05) is 19.0 Å². The minimum atomic E-state index is 0.0810. The van der Waals surface area contributed by atoms with E-state index < -0.39 is 0 Å². The molecule has 102 valence electrons. The zero-order valence-electron chi connectivity index (χ0n) is 11.5. The van der Waals surface area contributed by atoms with Crippen LogP contribution in [0.15, 0.2) is 0 Å². The largest absolute Gasteiger partial charge is 0.356 e. The van der Waals surface area contributed by atoms with Crippen LogP contribution in [0.3, 0.4) is 0 Å². The molecule has 4 rings (SSSR count). The highest BCUT2D eigenvalue weighted by Gasteiger charge is 2.53. The SMILES string of the molecule is CCNC(=O)CC(N)C12CC3CC(CC(C3)C1)C2. The second-order valence-electron chi connectivity index (χ2n) is 7.04. The van der Waals surface area contributed by atoms with Gasteiger partial charge in [0.15, 0.2) is 0 Å². The summed E-state index contributed by atoms with van der Waals surface area (Å²) in [4.78, 5) is 11.8. The number of rotatable bonds is 4. The Bertz CT molecular complexity index is 304. The molecule has 3 heteroatoms. The predicted octanol–water partition coefficient (Wildman–Crippen LogP) is 2.06. The molecule has 0 aromatic heterocycles. The van der Waals surface area contributed by atoms with Crippen molar-refractivity contribution in [1.82, 2.24) is 5.32 Å². The molecular weight excluding hydrogens is 224 g/mol. The fourth-order valence-electron chi connectivity index (χ4n) is 5.32. The second kappa shape index (κ2) is 4.52. The minimum absolute atomic E-state index is 0.0810. The number of hydrogen-bond donors (Lipinski definition) is 2. The molecule has 0 aliphatic heterocycles. The number of nitrogens with one attached hydrogen (secondary N) is 1. The molecule has 0 spiro atoms. The van der Waals surface area contributed by atoms with E-state index in [2.05, 4.69) is 5.32 Å². The Morgan fingerprint density at radius 3 is 2.17 bits per heavy atom. The molecule has 4 aliphatic rings. The molecule has 0 radical (unpaired) electrons. The fraction of sp³-hybridized carbons (Fsp3) is 0.933. The van der Waals surface area contributed by atoms with E-state index in [9.17, 15) is 4.79 Å². The summed E-state index contributed by atoms with van der Waals surface area (Å²) in [5.74, 6) is 2.88. The Morgan fingerprint density at radius 1 is 1.22 bits per heavy atom. The van der Waals surface area contributed by atoms with Crippen LogP contribution in [0, 0.1) is 23.2 Å². The predicted molar refractivity (Wildman–Crippen MR) is 71.9 cm³/mol. The van der Waals surface area contributed by atoms with Crippen molar-refractivity contribution >= 4 is 5.91 Å². The Hall–Kier alpha value is -0.570. The Labute approximate surface area is 110 Å². The molecule has 18 heavy (non-hydrogen) atoms. The van der Waals surface area contributed by atoms with Gasteiger partial charge in [0.25, 0.3) is 0 Å². The lowest BCUT2D eigenvalue weighted by molar-refractivity contribution is -0.124. The summed E-state index contributed by atoms with van der Waals surface area (Å²) in [6.07, 6.45) is 8.71. The first-order valence-electron chi connectivity index (χ1n) is 7.63. The smallest absolute Gasteiger partial charge is 0.221 e. The third kappa shape index (κ3) is 2.07. The van der Waals surface area contributed by atoms with Gasteiger partial charge >= 0.3 is 0 Å². The molecule has 0 aromatic rings. The molecule has 3 N–H and O–H groups in total. The average molecular weight is 250 g/mol. The van der Waals surface area contributed by atoms with E-state index in [0.29, 0.717) is 18.4 Å². The molecule has 0 saturated heterocycles. The van der Waals surface area contributed by atoms with Crippen LogP contribution in [0.1, 0.15) is 51.9 Å². The lowest BCUT2D eigenvalue weighted by Crippen LogP contribution is -2.55. The maximum Gasteiger partial charge on any atom is 0.221 e. The van der Waals surface area contributed by atoms with Crippen LogP contribution in [-0.2, 0) is 4.79 Å². The lowest BCUT2D eigenvalue weighted by atomic mass is 9.47. The summed E-state index contributed by atoms with van der Waals surface area (Å²) in [7, 11) is 0. The van der Waals surface area contributed by atoms with Crippen molar-refractivity contribution in [2.24, 2.45) is 28.9 Å². The van der Waals surface area contributed by atoms with Gasteiger partial charge in [-0.1, -0.05) is 0 Å².